The van der Waals surface area contributed by atoms with Crippen molar-refractivity contribution in [2.24, 2.45) is 0 Å². The Morgan fingerprint density at radius 3 is 2.82 bits per heavy atom. The molecule has 0 bridgehead atoms. The van der Waals surface area contributed by atoms with Gasteiger partial charge in [-0.15, -0.1) is 0 Å². The van der Waals surface area contributed by atoms with Gasteiger partial charge >= 0.3 is 0 Å². The maximum Gasteiger partial charge on any atom is 0.225 e. The highest BCUT2D eigenvalue weighted by Crippen LogP contribution is 2.23. The molecule has 0 aliphatic carbocycles. The first-order valence-electron chi connectivity index (χ1n) is 5.83. The Balaban J connectivity index is 2.59. The van der Waals surface area contributed by atoms with Gasteiger partial charge in [-0.2, -0.15) is 0 Å². The van der Waals surface area contributed by atoms with Crippen molar-refractivity contribution in [1.29, 1.82) is 0 Å². The van der Waals surface area contributed by atoms with Crippen LogP contribution in [0.3, 0.4) is 0 Å². The standard InChI is InChI=1S/C13H19BrN2O/c1-4-15-9(2)8-13(17)16-12-7-5-6-11(14)10(12)3/h5-7,9,15H,4,8H2,1-3H3,(H,16,17). The van der Waals surface area contributed by atoms with Crippen LogP contribution in [0.1, 0.15) is 25.8 Å². The molecule has 0 radical (unpaired) electrons. The van der Waals surface area contributed by atoms with Gasteiger partial charge in [0.1, 0.15) is 0 Å². The van der Waals surface area contributed by atoms with Crippen molar-refractivity contribution in [2.75, 3.05) is 11.9 Å². The van der Waals surface area contributed by atoms with Gasteiger partial charge in [-0.05, 0) is 38.1 Å². The molecule has 1 aromatic rings. The van der Waals surface area contributed by atoms with Crippen molar-refractivity contribution in [2.45, 2.75) is 33.2 Å². The zero-order chi connectivity index (χ0) is 12.8. The molecule has 2 N–H and O–H groups in total. The topological polar surface area (TPSA) is 41.1 Å². The lowest BCUT2D eigenvalue weighted by Gasteiger charge is -2.13. The van der Waals surface area contributed by atoms with E-state index < -0.39 is 0 Å². The normalized spacial score (nSPS) is 12.2. The van der Waals surface area contributed by atoms with E-state index in [0.29, 0.717) is 6.42 Å². The average Bonchev–Trinajstić information content (AvgIpc) is 2.25. The second-order valence-corrected chi connectivity index (χ2v) is 4.98. The average molecular weight is 299 g/mol. The molecule has 0 saturated carbocycles. The van der Waals surface area contributed by atoms with Crippen LogP contribution in [0, 0.1) is 6.92 Å². The molecule has 0 saturated heterocycles. The summed E-state index contributed by atoms with van der Waals surface area (Å²) in [5.41, 5.74) is 1.92. The van der Waals surface area contributed by atoms with Crippen LogP contribution in [0.4, 0.5) is 5.69 Å². The van der Waals surface area contributed by atoms with Crippen LogP contribution in [0.15, 0.2) is 22.7 Å². The van der Waals surface area contributed by atoms with Gasteiger partial charge in [-0.3, -0.25) is 4.79 Å². The fourth-order valence-electron chi connectivity index (χ4n) is 1.64. The molecule has 1 rings (SSSR count). The summed E-state index contributed by atoms with van der Waals surface area (Å²) in [7, 11) is 0. The number of nitrogens with one attached hydrogen (secondary N) is 2. The number of amides is 1. The number of halogens is 1. The van der Waals surface area contributed by atoms with Gasteiger partial charge in [0.2, 0.25) is 5.91 Å². The molecule has 1 unspecified atom stereocenters. The molecular formula is C13H19BrN2O. The Morgan fingerprint density at radius 1 is 1.47 bits per heavy atom. The van der Waals surface area contributed by atoms with Crippen molar-refractivity contribution in [3.63, 3.8) is 0 Å². The summed E-state index contributed by atoms with van der Waals surface area (Å²) in [5.74, 6) is 0.0413. The van der Waals surface area contributed by atoms with E-state index in [2.05, 4.69) is 26.6 Å². The maximum absolute atomic E-state index is 11.8. The van der Waals surface area contributed by atoms with Gasteiger partial charge in [0.25, 0.3) is 0 Å². The van der Waals surface area contributed by atoms with Gasteiger partial charge in [0.15, 0.2) is 0 Å². The molecule has 0 aliphatic heterocycles. The van der Waals surface area contributed by atoms with Crippen molar-refractivity contribution < 1.29 is 4.79 Å². The number of hydrogen-bond donors (Lipinski definition) is 2. The van der Waals surface area contributed by atoms with Gasteiger partial charge in [-0.25, -0.2) is 0 Å². The summed E-state index contributed by atoms with van der Waals surface area (Å²) < 4.78 is 1.01. The van der Waals surface area contributed by atoms with Crippen LogP contribution in [0.25, 0.3) is 0 Å². The second-order valence-electron chi connectivity index (χ2n) is 4.12. The Labute approximate surface area is 111 Å². The van der Waals surface area contributed by atoms with E-state index in [4.69, 9.17) is 0 Å². The monoisotopic (exact) mass is 298 g/mol. The first kappa shape index (κ1) is 14.2. The number of hydrogen-bond acceptors (Lipinski definition) is 2. The highest BCUT2D eigenvalue weighted by atomic mass is 79.9. The van der Waals surface area contributed by atoms with Crippen LogP contribution in [0.5, 0.6) is 0 Å². The fraction of sp³-hybridized carbons (Fsp3) is 0.462. The highest BCUT2D eigenvalue weighted by Gasteiger charge is 2.09. The Hall–Kier alpha value is -0.870. The predicted molar refractivity (Wildman–Crippen MR) is 75.3 cm³/mol. The van der Waals surface area contributed by atoms with Crippen LogP contribution >= 0.6 is 15.9 Å². The van der Waals surface area contributed by atoms with Crippen molar-refractivity contribution >= 4 is 27.5 Å². The molecule has 0 aromatic heterocycles. The summed E-state index contributed by atoms with van der Waals surface area (Å²) in [6.07, 6.45) is 0.486. The van der Waals surface area contributed by atoms with E-state index in [1.54, 1.807) is 0 Å². The van der Waals surface area contributed by atoms with Gasteiger partial charge < -0.3 is 10.6 Å². The van der Waals surface area contributed by atoms with Crippen LogP contribution in [-0.4, -0.2) is 18.5 Å². The Bertz CT molecular complexity index is 393. The van der Waals surface area contributed by atoms with E-state index in [-0.39, 0.29) is 11.9 Å². The third kappa shape index (κ3) is 4.48. The highest BCUT2D eigenvalue weighted by molar-refractivity contribution is 9.10. The lowest BCUT2D eigenvalue weighted by molar-refractivity contribution is -0.116. The van der Waals surface area contributed by atoms with Crippen LogP contribution in [-0.2, 0) is 4.79 Å². The van der Waals surface area contributed by atoms with E-state index in [1.807, 2.05) is 39.0 Å². The van der Waals surface area contributed by atoms with Crippen LogP contribution < -0.4 is 10.6 Å². The third-order valence-electron chi connectivity index (χ3n) is 2.59. The smallest absolute Gasteiger partial charge is 0.225 e. The lowest BCUT2D eigenvalue weighted by atomic mass is 10.2. The molecule has 0 fully saturated rings. The van der Waals surface area contributed by atoms with E-state index in [9.17, 15) is 4.79 Å². The van der Waals surface area contributed by atoms with E-state index in [0.717, 1.165) is 22.3 Å². The molecule has 1 atom stereocenters. The lowest BCUT2D eigenvalue weighted by Crippen LogP contribution is -2.30. The quantitative estimate of drug-likeness (QED) is 0.877. The first-order chi connectivity index (χ1) is 8.04. The molecule has 3 nitrogen and oxygen atoms in total. The van der Waals surface area contributed by atoms with Crippen molar-refractivity contribution in [1.82, 2.24) is 5.32 Å². The fourth-order valence-corrected chi connectivity index (χ4v) is 2.01. The molecule has 17 heavy (non-hydrogen) atoms. The minimum atomic E-state index is 0.0413. The number of carbonyl (C=O) groups is 1. The largest absolute Gasteiger partial charge is 0.326 e. The molecule has 4 heteroatoms. The zero-order valence-electron chi connectivity index (χ0n) is 10.5. The predicted octanol–water partition coefficient (Wildman–Crippen LogP) is 3.08. The van der Waals surface area contributed by atoms with Gasteiger partial charge in [0.05, 0.1) is 0 Å². The number of anilines is 1. The van der Waals surface area contributed by atoms with Gasteiger partial charge in [-0.1, -0.05) is 28.9 Å². The number of carbonyl (C=O) groups excluding carboxylic acids is 1. The molecule has 1 aromatic carbocycles. The van der Waals surface area contributed by atoms with Gasteiger partial charge in [0, 0.05) is 22.6 Å². The molecule has 0 spiro atoms. The summed E-state index contributed by atoms with van der Waals surface area (Å²) in [6.45, 7) is 6.90. The SMILES string of the molecule is CCNC(C)CC(=O)Nc1cccc(Br)c1C. The van der Waals surface area contributed by atoms with Crippen LogP contribution in [0.2, 0.25) is 0 Å². The van der Waals surface area contributed by atoms with Crippen molar-refractivity contribution in [3.8, 4) is 0 Å². The summed E-state index contributed by atoms with van der Waals surface area (Å²) in [4.78, 5) is 11.8. The summed E-state index contributed by atoms with van der Waals surface area (Å²) in [5, 5.41) is 6.15. The minimum Gasteiger partial charge on any atom is -0.326 e. The molecule has 0 aliphatic rings. The Kier molecular flexibility index (Phi) is 5.65. The molecule has 94 valence electrons. The number of rotatable bonds is 5. The Morgan fingerprint density at radius 2 is 2.18 bits per heavy atom. The zero-order valence-corrected chi connectivity index (χ0v) is 12.1. The maximum atomic E-state index is 11.8. The molecule has 0 heterocycles. The van der Waals surface area contributed by atoms with E-state index in [1.165, 1.54) is 0 Å². The van der Waals surface area contributed by atoms with E-state index >= 15 is 0 Å². The molecular weight excluding hydrogens is 280 g/mol. The minimum absolute atomic E-state index is 0.0413. The van der Waals surface area contributed by atoms with Crippen molar-refractivity contribution in [3.05, 3.63) is 28.2 Å². The first-order valence-corrected chi connectivity index (χ1v) is 6.62. The number of benzene rings is 1. The third-order valence-corrected chi connectivity index (χ3v) is 3.45. The summed E-state index contributed by atoms with van der Waals surface area (Å²) in [6, 6.07) is 6.00. The second kappa shape index (κ2) is 6.77. The summed E-state index contributed by atoms with van der Waals surface area (Å²) >= 11 is 3.45. The molecule has 1 amide bonds.